The predicted octanol–water partition coefficient (Wildman–Crippen LogP) is 3.72. The Hall–Kier alpha value is -3.43. The molecule has 0 atom stereocenters. The van der Waals surface area contributed by atoms with E-state index in [9.17, 15) is 17.6 Å². The third-order valence-corrected chi connectivity index (χ3v) is 4.45. The van der Waals surface area contributed by atoms with Crippen molar-refractivity contribution in [2.24, 2.45) is 0 Å². The molecule has 10 heteroatoms. The topological polar surface area (TPSA) is 81.1 Å². The molecule has 0 spiro atoms. The van der Waals surface area contributed by atoms with Crippen LogP contribution in [0.2, 0.25) is 0 Å². The third kappa shape index (κ3) is 3.30. The zero-order valence-electron chi connectivity index (χ0n) is 15.4. The Bertz CT molecular complexity index is 1170. The number of hydrogen-bond donors (Lipinski definition) is 2. The Morgan fingerprint density at radius 2 is 1.90 bits per heavy atom. The van der Waals surface area contributed by atoms with Gasteiger partial charge in [0.05, 0.1) is 16.8 Å². The summed E-state index contributed by atoms with van der Waals surface area (Å²) < 4.78 is 56.2. The van der Waals surface area contributed by atoms with Gasteiger partial charge in [0.2, 0.25) is 5.95 Å². The zero-order chi connectivity index (χ0) is 21.0. The number of nitrogens with one attached hydrogen (secondary N) is 1. The number of fused-ring (bicyclic) bond motifs is 1. The van der Waals surface area contributed by atoms with Gasteiger partial charge in [-0.25, -0.2) is 14.4 Å². The van der Waals surface area contributed by atoms with E-state index in [2.05, 4.69) is 20.4 Å². The number of benzene rings is 1. The molecule has 3 N–H and O–H groups in total. The Morgan fingerprint density at radius 3 is 2.59 bits per heavy atom. The molecule has 0 radical (unpaired) electrons. The molecule has 0 saturated carbocycles. The van der Waals surface area contributed by atoms with Gasteiger partial charge in [-0.3, -0.25) is 0 Å². The van der Waals surface area contributed by atoms with Crippen LogP contribution in [0.1, 0.15) is 19.4 Å². The van der Waals surface area contributed by atoms with Crippen LogP contribution in [-0.2, 0) is 0 Å². The van der Waals surface area contributed by atoms with E-state index in [1.807, 2.05) is 0 Å². The molecular formula is C19H16F4N6. The predicted molar refractivity (Wildman–Crippen MR) is 99.9 cm³/mol. The maximum atomic E-state index is 14.5. The van der Waals surface area contributed by atoms with Gasteiger partial charge in [0.15, 0.2) is 5.65 Å². The monoisotopic (exact) mass is 404 g/mol. The average molecular weight is 404 g/mol. The molecule has 3 aromatic rings. The molecule has 1 aliphatic rings. The minimum atomic E-state index is -4.60. The van der Waals surface area contributed by atoms with Crippen molar-refractivity contribution in [2.75, 3.05) is 5.73 Å². The highest BCUT2D eigenvalue weighted by molar-refractivity contribution is 5.92. The third-order valence-electron chi connectivity index (χ3n) is 4.45. The maximum absolute atomic E-state index is 14.5. The van der Waals surface area contributed by atoms with Gasteiger partial charge in [0.1, 0.15) is 17.8 Å². The Kier molecular flexibility index (Phi) is 4.10. The minimum absolute atomic E-state index is 0.0617. The van der Waals surface area contributed by atoms with E-state index in [4.69, 9.17) is 5.73 Å². The van der Waals surface area contributed by atoms with Crippen LogP contribution < -0.4 is 11.1 Å². The molecule has 1 aromatic carbocycles. The first-order valence-electron chi connectivity index (χ1n) is 8.61. The van der Waals surface area contributed by atoms with Crippen LogP contribution in [0.15, 0.2) is 48.4 Å². The first kappa shape index (κ1) is 18.9. The van der Waals surface area contributed by atoms with Gasteiger partial charge >= 0.3 is 6.18 Å². The number of anilines is 1. The van der Waals surface area contributed by atoms with Crippen LogP contribution in [0.4, 0.5) is 23.5 Å². The number of dihydropyridines is 1. The average Bonchev–Trinajstić information content (AvgIpc) is 3.10. The number of halogens is 4. The largest absolute Gasteiger partial charge is 0.430 e. The second-order valence-corrected chi connectivity index (χ2v) is 7.17. The molecule has 0 amide bonds. The van der Waals surface area contributed by atoms with Crippen molar-refractivity contribution >= 4 is 17.2 Å². The van der Waals surface area contributed by atoms with Gasteiger partial charge in [-0.05, 0) is 37.6 Å². The molecule has 0 aliphatic carbocycles. The lowest BCUT2D eigenvalue weighted by Gasteiger charge is -2.32. The number of aromatic nitrogens is 4. The highest BCUT2D eigenvalue weighted by Crippen LogP contribution is 2.38. The molecule has 6 nitrogen and oxygen atoms in total. The summed E-state index contributed by atoms with van der Waals surface area (Å²) in [4.78, 5) is 8.38. The van der Waals surface area contributed by atoms with E-state index in [0.29, 0.717) is 0 Å². The van der Waals surface area contributed by atoms with Gasteiger partial charge < -0.3 is 11.1 Å². The highest BCUT2D eigenvalue weighted by atomic mass is 19.4. The first-order valence-corrected chi connectivity index (χ1v) is 8.61. The summed E-state index contributed by atoms with van der Waals surface area (Å²) in [6, 6.07) is 5.83. The van der Waals surface area contributed by atoms with Gasteiger partial charge in [0, 0.05) is 5.56 Å². The van der Waals surface area contributed by atoms with Crippen molar-refractivity contribution < 1.29 is 17.6 Å². The Morgan fingerprint density at radius 1 is 1.17 bits per heavy atom. The minimum Gasteiger partial charge on any atom is -0.373 e. The SMILES string of the molecule is CC1(C)C=C(c2c(-c3ccccc3F)nc(N)n3ncnc23)C=C(C(F)(F)F)N1. The number of nitrogens with two attached hydrogens (primary N) is 1. The van der Waals surface area contributed by atoms with Crippen LogP contribution >= 0.6 is 0 Å². The van der Waals surface area contributed by atoms with Gasteiger partial charge in [-0.2, -0.15) is 22.8 Å². The molecular weight excluding hydrogens is 388 g/mol. The summed E-state index contributed by atoms with van der Waals surface area (Å²) in [5, 5.41) is 6.43. The Balaban J connectivity index is 2.08. The van der Waals surface area contributed by atoms with E-state index in [1.165, 1.54) is 29.0 Å². The van der Waals surface area contributed by atoms with Gasteiger partial charge in [-0.15, -0.1) is 0 Å². The number of alkyl halides is 3. The molecule has 2 aromatic heterocycles. The number of nitrogens with zero attached hydrogens (tertiary/aromatic N) is 4. The van der Waals surface area contributed by atoms with E-state index in [0.717, 1.165) is 6.08 Å². The first-order chi connectivity index (χ1) is 13.6. The smallest absolute Gasteiger partial charge is 0.373 e. The van der Waals surface area contributed by atoms with Gasteiger partial charge in [0.25, 0.3) is 0 Å². The summed E-state index contributed by atoms with van der Waals surface area (Å²) in [6.45, 7) is 3.19. The number of hydrogen-bond acceptors (Lipinski definition) is 5. The summed E-state index contributed by atoms with van der Waals surface area (Å²) in [5.74, 6) is -0.647. The summed E-state index contributed by atoms with van der Waals surface area (Å²) in [7, 11) is 0. The summed E-state index contributed by atoms with van der Waals surface area (Å²) in [5.41, 5.74) is 4.74. The zero-order valence-corrected chi connectivity index (χ0v) is 15.4. The van der Waals surface area contributed by atoms with Crippen molar-refractivity contribution in [3.63, 3.8) is 0 Å². The Labute approximate surface area is 162 Å². The molecule has 4 rings (SSSR count). The fraction of sp³-hybridized carbons (Fsp3) is 0.211. The lowest BCUT2D eigenvalue weighted by atomic mass is 9.90. The molecule has 0 bridgehead atoms. The quantitative estimate of drug-likeness (QED) is 0.637. The second-order valence-electron chi connectivity index (χ2n) is 7.17. The number of rotatable bonds is 2. The van der Waals surface area contributed by atoms with Crippen molar-refractivity contribution in [2.45, 2.75) is 25.6 Å². The van der Waals surface area contributed by atoms with Crippen LogP contribution in [0.25, 0.3) is 22.5 Å². The standard InChI is InChI=1S/C19H16F4N6/c1-18(2)8-10(7-13(28-18)19(21,22)23)14-15(11-5-3-4-6-12(11)20)27-17(24)29-16(14)25-9-26-29/h3-9,28H,1-2H3,(H2,24,27). The molecule has 0 unspecified atom stereocenters. The molecule has 0 fully saturated rings. The van der Waals surface area contributed by atoms with Crippen LogP contribution in [-0.4, -0.2) is 31.3 Å². The number of nitrogen functional groups attached to an aromatic ring is 1. The molecule has 3 heterocycles. The summed E-state index contributed by atoms with van der Waals surface area (Å²) in [6.07, 6.45) is -0.824. The lowest BCUT2D eigenvalue weighted by molar-refractivity contribution is -0.0986. The van der Waals surface area contributed by atoms with E-state index >= 15 is 0 Å². The van der Waals surface area contributed by atoms with Crippen molar-refractivity contribution in [3.05, 3.63) is 59.8 Å². The maximum Gasteiger partial charge on any atom is 0.430 e. The van der Waals surface area contributed by atoms with Crippen LogP contribution in [0.5, 0.6) is 0 Å². The van der Waals surface area contributed by atoms with Crippen LogP contribution in [0.3, 0.4) is 0 Å². The van der Waals surface area contributed by atoms with Crippen LogP contribution in [0, 0.1) is 5.82 Å². The highest BCUT2D eigenvalue weighted by Gasteiger charge is 2.39. The summed E-state index contributed by atoms with van der Waals surface area (Å²) >= 11 is 0. The van der Waals surface area contributed by atoms with E-state index in [1.54, 1.807) is 26.0 Å². The normalized spacial score (nSPS) is 16.3. The van der Waals surface area contributed by atoms with Crippen molar-refractivity contribution in [1.29, 1.82) is 0 Å². The molecule has 1 aliphatic heterocycles. The second kappa shape index (κ2) is 6.29. The van der Waals surface area contributed by atoms with Crippen molar-refractivity contribution in [1.82, 2.24) is 24.9 Å². The molecule has 29 heavy (non-hydrogen) atoms. The fourth-order valence-electron chi connectivity index (χ4n) is 3.32. The van der Waals surface area contributed by atoms with E-state index < -0.39 is 23.2 Å². The van der Waals surface area contributed by atoms with Gasteiger partial charge in [-0.1, -0.05) is 18.2 Å². The van der Waals surface area contributed by atoms with Crippen molar-refractivity contribution in [3.8, 4) is 11.3 Å². The number of allylic oxidation sites excluding steroid dienone is 3. The molecule has 150 valence electrons. The fourth-order valence-corrected chi connectivity index (χ4v) is 3.32. The van der Waals surface area contributed by atoms with E-state index in [-0.39, 0.29) is 34.0 Å². The lowest BCUT2D eigenvalue weighted by Crippen LogP contribution is -2.43. The molecule has 0 saturated heterocycles.